The molecule has 0 atom stereocenters. The average Bonchev–Trinajstić information content (AvgIpc) is 4.07. The lowest BCUT2D eigenvalue weighted by Crippen LogP contribution is -3.00. The minimum Gasteiger partial charge on any atom is -1.00 e. The molecule has 9 nitrogen and oxygen atoms in total. The molecule has 60 heavy (non-hydrogen) atoms. The van der Waals surface area contributed by atoms with Crippen molar-refractivity contribution in [2.24, 2.45) is 0 Å². The summed E-state index contributed by atoms with van der Waals surface area (Å²) >= 11 is 0. The van der Waals surface area contributed by atoms with Gasteiger partial charge < -0.3 is 37.7 Å². The Morgan fingerprint density at radius 1 is 0.700 bits per heavy atom. The maximum atomic E-state index is 10.6. The molecule has 4 heterocycles. The van der Waals surface area contributed by atoms with Gasteiger partial charge in [-0.2, -0.15) is 9.83 Å². The number of nitriles is 1. The quantitative estimate of drug-likeness (QED) is 0.0621. The molecule has 0 spiro atoms. The van der Waals surface area contributed by atoms with Crippen molar-refractivity contribution in [2.45, 2.75) is 20.4 Å². The predicted octanol–water partition coefficient (Wildman–Crippen LogP) is 8.54. The summed E-state index contributed by atoms with van der Waals surface area (Å²) in [4.78, 5) is 14.0. The van der Waals surface area contributed by atoms with E-state index in [-0.39, 0.29) is 24.0 Å². The number of imidazole rings is 1. The van der Waals surface area contributed by atoms with Gasteiger partial charge in [-0.05, 0) is 111 Å². The standard InChI is InChI=1S/C50H38N7O2.HI/c1-3-54-43-31-35(49-52-39-19-11-13-21-45(39)58-49)25-27-41(43)56(37-15-7-5-8-16-37)47(54)29-23-34(33-51)24-30-48-55(4-2)44-32-36(50-53-40-20-12-14-22-46(40)59-50)26-28-42(44)57(48)38-17-9-6-10-18-38;/h5-32H,3-4H2,1-2H3;1H/q+1;/p-1. The summed E-state index contributed by atoms with van der Waals surface area (Å²) in [7, 11) is 0. The van der Waals surface area contributed by atoms with E-state index in [0.29, 0.717) is 30.4 Å². The molecule has 0 unspecified atom stereocenters. The molecular formula is C50H38IN7O2. The zero-order valence-electron chi connectivity index (χ0n) is 32.9. The van der Waals surface area contributed by atoms with Crippen LogP contribution in [0.25, 0.3) is 67.9 Å². The Hall–Kier alpha value is -7.23. The first kappa shape index (κ1) is 38.3. The molecule has 10 rings (SSSR count). The summed E-state index contributed by atoms with van der Waals surface area (Å²) in [5.74, 6) is 3.01. The minimum atomic E-state index is 0. The van der Waals surface area contributed by atoms with Crippen LogP contribution in [0.1, 0.15) is 19.7 Å². The zero-order chi connectivity index (χ0) is 39.9. The number of halogens is 1. The number of nitrogens with zero attached hydrogens (tertiary/aromatic N) is 7. The highest BCUT2D eigenvalue weighted by Crippen LogP contribution is 2.47. The van der Waals surface area contributed by atoms with E-state index in [0.717, 1.165) is 78.8 Å². The maximum Gasteiger partial charge on any atom is 0.287 e. The SMILES string of the molecule is CCN1/C(=C/C=C(C#N)/C=C/c2n(-c3ccccc3)c3ccc(-c4nc5ccccc5o4)cc3[n+]2CC)N(c2ccccc2)c2ccc(-c3nc4ccccc4o3)cc21.[I-]. The fourth-order valence-electron chi connectivity index (χ4n) is 8.00. The highest BCUT2D eigenvalue weighted by atomic mass is 127. The van der Waals surface area contributed by atoms with Crippen LogP contribution < -0.4 is 38.3 Å². The number of hydrogen-bond acceptors (Lipinski definition) is 7. The van der Waals surface area contributed by atoms with Crippen molar-refractivity contribution in [1.29, 1.82) is 5.26 Å². The lowest BCUT2D eigenvalue weighted by atomic mass is 10.1. The number of anilines is 3. The van der Waals surface area contributed by atoms with Crippen LogP contribution in [0.3, 0.4) is 0 Å². The van der Waals surface area contributed by atoms with Crippen molar-refractivity contribution in [2.75, 3.05) is 16.3 Å². The second kappa shape index (κ2) is 16.2. The van der Waals surface area contributed by atoms with Crippen LogP contribution in [0.5, 0.6) is 0 Å². The highest BCUT2D eigenvalue weighted by molar-refractivity contribution is 5.91. The fraction of sp³-hybridized carbons (Fsp3) is 0.0800. The number of oxazole rings is 2. The first-order valence-corrected chi connectivity index (χ1v) is 19.7. The molecule has 0 aliphatic carbocycles. The van der Waals surface area contributed by atoms with Gasteiger partial charge in [-0.25, -0.2) is 14.5 Å². The minimum absolute atomic E-state index is 0. The van der Waals surface area contributed by atoms with Gasteiger partial charge in [0, 0.05) is 35.5 Å². The van der Waals surface area contributed by atoms with Crippen LogP contribution in [-0.4, -0.2) is 21.1 Å². The Morgan fingerprint density at radius 2 is 1.30 bits per heavy atom. The van der Waals surface area contributed by atoms with Crippen LogP contribution in [0.2, 0.25) is 0 Å². The van der Waals surface area contributed by atoms with Gasteiger partial charge in [-0.3, -0.25) is 4.90 Å². The van der Waals surface area contributed by atoms with Gasteiger partial charge in [0.15, 0.2) is 22.2 Å². The Balaban J connectivity index is 0.00000462. The van der Waals surface area contributed by atoms with Crippen molar-refractivity contribution in [3.05, 3.63) is 181 Å². The van der Waals surface area contributed by atoms with Gasteiger partial charge in [0.1, 0.15) is 22.5 Å². The lowest BCUT2D eigenvalue weighted by molar-refractivity contribution is -0.670. The van der Waals surface area contributed by atoms with Gasteiger partial charge in [-0.1, -0.05) is 60.7 Å². The number of benzene rings is 6. The van der Waals surface area contributed by atoms with E-state index >= 15 is 0 Å². The zero-order valence-corrected chi connectivity index (χ0v) is 35.1. The smallest absolute Gasteiger partial charge is 0.287 e. The Kier molecular flexibility index (Phi) is 10.3. The number of aromatic nitrogens is 4. The van der Waals surface area contributed by atoms with Crippen LogP contribution in [-0.2, 0) is 6.54 Å². The van der Waals surface area contributed by atoms with Gasteiger partial charge in [0.2, 0.25) is 11.8 Å². The largest absolute Gasteiger partial charge is 1.00 e. The number of aryl methyl sites for hydroxylation is 1. The van der Waals surface area contributed by atoms with Crippen LogP contribution >= 0.6 is 0 Å². The van der Waals surface area contributed by atoms with Crippen molar-refractivity contribution >= 4 is 56.4 Å². The molecule has 0 bridgehead atoms. The topological polar surface area (TPSA) is 91.1 Å². The van der Waals surface area contributed by atoms with Gasteiger partial charge in [-0.15, -0.1) is 0 Å². The van der Waals surface area contributed by atoms with Gasteiger partial charge in [0.25, 0.3) is 5.82 Å². The van der Waals surface area contributed by atoms with Crippen molar-refractivity contribution in [3.63, 3.8) is 0 Å². The number of allylic oxidation sites excluding steroid dienone is 4. The molecule has 9 aromatic rings. The molecule has 1 aliphatic rings. The van der Waals surface area contributed by atoms with E-state index in [4.69, 9.17) is 18.8 Å². The number of para-hydroxylation sites is 6. The second-order valence-electron chi connectivity index (χ2n) is 14.2. The third kappa shape index (κ3) is 6.72. The summed E-state index contributed by atoms with van der Waals surface area (Å²) in [5, 5.41) is 10.6. The molecule has 10 heteroatoms. The molecule has 6 aromatic carbocycles. The summed E-state index contributed by atoms with van der Waals surface area (Å²) in [6.07, 6.45) is 7.86. The van der Waals surface area contributed by atoms with Crippen LogP contribution in [0.4, 0.5) is 17.1 Å². The van der Waals surface area contributed by atoms with Gasteiger partial charge in [0.05, 0.1) is 29.6 Å². The average molecular weight is 896 g/mol. The third-order valence-electron chi connectivity index (χ3n) is 10.7. The second-order valence-corrected chi connectivity index (χ2v) is 14.2. The monoisotopic (exact) mass is 895 g/mol. The van der Waals surface area contributed by atoms with Gasteiger partial charge >= 0.3 is 0 Å². The normalized spacial score (nSPS) is 13.5. The van der Waals surface area contributed by atoms with E-state index in [1.54, 1.807) is 0 Å². The van der Waals surface area contributed by atoms with Crippen LogP contribution in [0, 0.1) is 11.3 Å². The first-order valence-electron chi connectivity index (χ1n) is 19.7. The predicted molar refractivity (Wildman–Crippen MR) is 234 cm³/mol. The first-order chi connectivity index (χ1) is 29.1. The molecule has 1 aliphatic heterocycles. The summed E-state index contributed by atoms with van der Waals surface area (Å²) < 4.78 is 16.8. The molecule has 3 aromatic heterocycles. The molecule has 0 saturated carbocycles. The van der Waals surface area contributed by atoms with E-state index in [1.165, 1.54) is 0 Å². The molecule has 0 fully saturated rings. The van der Waals surface area contributed by atoms with Crippen LogP contribution in [0.15, 0.2) is 184 Å². The number of hydrogen-bond donors (Lipinski definition) is 0. The Morgan fingerprint density at radius 3 is 1.92 bits per heavy atom. The highest BCUT2D eigenvalue weighted by Gasteiger charge is 2.32. The van der Waals surface area contributed by atoms with E-state index < -0.39 is 0 Å². The van der Waals surface area contributed by atoms with Crippen molar-refractivity contribution < 1.29 is 37.4 Å². The third-order valence-corrected chi connectivity index (χ3v) is 10.7. The van der Waals surface area contributed by atoms with Crippen molar-refractivity contribution in [3.8, 4) is 34.7 Å². The maximum absolute atomic E-state index is 10.6. The van der Waals surface area contributed by atoms with E-state index in [9.17, 15) is 5.26 Å². The number of rotatable bonds is 9. The van der Waals surface area contributed by atoms with E-state index in [1.807, 2.05) is 109 Å². The molecule has 0 saturated heterocycles. The fourth-order valence-corrected chi connectivity index (χ4v) is 8.00. The summed E-state index contributed by atoms with van der Waals surface area (Å²) in [6, 6.07) is 51.3. The summed E-state index contributed by atoms with van der Waals surface area (Å²) in [6.45, 7) is 5.66. The Labute approximate surface area is 364 Å². The molecule has 0 radical (unpaired) electrons. The molecule has 0 N–H and O–H groups in total. The molecule has 292 valence electrons. The van der Waals surface area contributed by atoms with E-state index in [2.05, 4.69) is 99.5 Å². The molecular weight excluding hydrogens is 858 g/mol. The Bertz CT molecular complexity index is 3100. The van der Waals surface area contributed by atoms with Crippen molar-refractivity contribution in [1.82, 2.24) is 14.5 Å². The molecule has 0 amide bonds. The number of fused-ring (bicyclic) bond motifs is 4. The lowest BCUT2D eigenvalue weighted by Gasteiger charge is -2.24. The summed E-state index contributed by atoms with van der Waals surface area (Å²) in [5.41, 5.74) is 11.6.